The molecule has 31 heavy (non-hydrogen) atoms. The van der Waals surface area contributed by atoms with E-state index in [0.717, 1.165) is 50.8 Å². The molecule has 2 aromatic heterocycles. The quantitative estimate of drug-likeness (QED) is 0.618. The van der Waals surface area contributed by atoms with Gasteiger partial charge in [-0.25, -0.2) is 9.48 Å². The van der Waals surface area contributed by atoms with Crippen LogP contribution in [-0.4, -0.2) is 43.2 Å². The van der Waals surface area contributed by atoms with Crippen molar-refractivity contribution in [1.29, 1.82) is 0 Å². The molecule has 0 radical (unpaired) electrons. The van der Waals surface area contributed by atoms with E-state index < -0.39 is 0 Å². The van der Waals surface area contributed by atoms with Crippen molar-refractivity contribution < 1.29 is 4.79 Å². The van der Waals surface area contributed by atoms with Gasteiger partial charge in [-0.2, -0.15) is 0 Å². The largest absolute Gasteiger partial charge is 0.346 e. The fraction of sp³-hybridized carbons (Fsp3) is 0.417. The maximum Gasteiger partial charge on any atom is 0.346 e. The molecule has 160 valence electrons. The molecule has 0 N–H and O–H groups in total. The molecular formula is C24H27N5O2. The van der Waals surface area contributed by atoms with E-state index in [1.165, 1.54) is 10.2 Å². The SMILES string of the molecule is O=C(Cn1nc(-c2cccnc2)n(C2CC2)c1=O)N1CCC(Cc2ccccc2)CC1. The number of hydrogen-bond donors (Lipinski definition) is 0. The normalized spacial score (nSPS) is 17.1. The van der Waals surface area contributed by atoms with Gasteiger partial charge in [0, 0.05) is 37.1 Å². The summed E-state index contributed by atoms with van der Waals surface area (Å²) < 4.78 is 3.06. The monoisotopic (exact) mass is 417 g/mol. The number of likely N-dealkylation sites (tertiary alicyclic amines) is 1. The summed E-state index contributed by atoms with van der Waals surface area (Å²) in [5.74, 6) is 1.17. The predicted octanol–water partition coefficient (Wildman–Crippen LogP) is 2.92. The average molecular weight is 418 g/mol. The van der Waals surface area contributed by atoms with Crippen molar-refractivity contribution in [2.75, 3.05) is 13.1 Å². The Bertz CT molecular complexity index is 1090. The fourth-order valence-electron chi connectivity index (χ4n) is 4.44. The molecule has 2 fully saturated rings. The number of carbonyl (C=O) groups excluding carboxylic acids is 1. The van der Waals surface area contributed by atoms with Crippen LogP contribution < -0.4 is 5.69 Å². The number of benzene rings is 1. The number of pyridine rings is 1. The number of aromatic nitrogens is 4. The number of nitrogens with zero attached hydrogens (tertiary/aromatic N) is 5. The minimum Gasteiger partial charge on any atom is -0.341 e. The zero-order valence-corrected chi connectivity index (χ0v) is 17.6. The van der Waals surface area contributed by atoms with Crippen LogP contribution in [0.2, 0.25) is 0 Å². The Hall–Kier alpha value is -3.22. The first kappa shape index (κ1) is 19.7. The zero-order valence-electron chi connectivity index (χ0n) is 17.6. The Kier molecular flexibility index (Phi) is 5.40. The van der Waals surface area contributed by atoms with E-state index in [-0.39, 0.29) is 24.2 Å². The van der Waals surface area contributed by atoms with E-state index in [0.29, 0.717) is 11.7 Å². The van der Waals surface area contributed by atoms with Crippen molar-refractivity contribution in [2.45, 2.75) is 44.7 Å². The second-order valence-corrected chi connectivity index (χ2v) is 8.62. The molecule has 3 heterocycles. The first-order valence-corrected chi connectivity index (χ1v) is 11.1. The van der Waals surface area contributed by atoms with Crippen LogP contribution >= 0.6 is 0 Å². The fourth-order valence-corrected chi connectivity index (χ4v) is 4.44. The van der Waals surface area contributed by atoms with E-state index in [2.05, 4.69) is 34.3 Å². The van der Waals surface area contributed by atoms with Gasteiger partial charge >= 0.3 is 5.69 Å². The second-order valence-electron chi connectivity index (χ2n) is 8.62. The molecule has 1 aliphatic carbocycles. The van der Waals surface area contributed by atoms with Crippen molar-refractivity contribution in [1.82, 2.24) is 24.2 Å². The molecule has 1 aliphatic heterocycles. The Morgan fingerprint density at radius 1 is 1.00 bits per heavy atom. The third-order valence-corrected chi connectivity index (χ3v) is 6.32. The maximum atomic E-state index is 13.0. The highest BCUT2D eigenvalue weighted by molar-refractivity contribution is 5.76. The summed E-state index contributed by atoms with van der Waals surface area (Å²) >= 11 is 0. The van der Waals surface area contributed by atoms with Crippen molar-refractivity contribution in [2.24, 2.45) is 5.92 Å². The molecule has 2 aliphatic rings. The van der Waals surface area contributed by atoms with Crippen molar-refractivity contribution in [3.8, 4) is 11.4 Å². The second kappa shape index (κ2) is 8.49. The van der Waals surface area contributed by atoms with Gasteiger partial charge in [-0.3, -0.25) is 14.3 Å². The molecule has 3 aromatic rings. The van der Waals surface area contributed by atoms with Crippen LogP contribution in [0, 0.1) is 5.92 Å². The van der Waals surface area contributed by atoms with Gasteiger partial charge in [-0.05, 0) is 55.7 Å². The smallest absolute Gasteiger partial charge is 0.341 e. The van der Waals surface area contributed by atoms with Crippen LogP contribution in [0.1, 0.15) is 37.3 Å². The number of piperidine rings is 1. The lowest BCUT2D eigenvalue weighted by molar-refractivity contribution is -0.133. The predicted molar refractivity (Wildman–Crippen MR) is 117 cm³/mol. The molecule has 0 spiro atoms. The molecule has 0 unspecified atom stereocenters. The van der Waals surface area contributed by atoms with Gasteiger partial charge in [0.1, 0.15) is 6.54 Å². The van der Waals surface area contributed by atoms with Gasteiger partial charge in [0.25, 0.3) is 0 Å². The van der Waals surface area contributed by atoms with Crippen molar-refractivity contribution in [3.05, 3.63) is 70.9 Å². The van der Waals surface area contributed by atoms with Crippen molar-refractivity contribution in [3.63, 3.8) is 0 Å². The lowest BCUT2D eigenvalue weighted by Gasteiger charge is -2.32. The van der Waals surface area contributed by atoms with Crippen LogP contribution in [0.4, 0.5) is 0 Å². The summed E-state index contributed by atoms with van der Waals surface area (Å²) in [5, 5.41) is 4.53. The summed E-state index contributed by atoms with van der Waals surface area (Å²) in [6.07, 6.45) is 8.40. The van der Waals surface area contributed by atoms with E-state index in [1.807, 2.05) is 23.1 Å². The molecule has 1 saturated heterocycles. The van der Waals surface area contributed by atoms with Gasteiger partial charge in [0.05, 0.1) is 0 Å². The number of amides is 1. The van der Waals surface area contributed by atoms with Crippen molar-refractivity contribution >= 4 is 5.91 Å². The van der Waals surface area contributed by atoms with Gasteiger partial charge in [-0.1, -0.05) is 30.3 Å². The molecule has 5 rings (SSSR count). The lowest BCUT2D eigenvalue weighted by Crippen LogP contribution is -2.42. The summed E-state index contributed by atoms with van der Waals surface area (Å²) in [6.45, 7) is 1.48. The standard InChI is InChI=1S/C24H27N5O2/c30-22(27-13-10-19(11-14-27)15-18-5-2-1-3-6-18)17-28-24(31)29(21-8-9-21)23(26-28)20-7-4-12-25-16-20/h1-7,12,16,19,21H,8-11,13-15,17H2. The molecule has 1 saturated carbocycles. The zero-order chi connectivity index (χ0) is 21.2. The molecular weight excluding hydrogens is 390 g/mol. The van der Waals surface area contributed by atoms with Gasteiger partial charge < -0.3 is 4.90 Å². The Labute approximate surface area is 181 Å². The minimum absolute atomic E-state index is 0.00479. The summed E-state index contributed by atoms with van der Waals surface area (Å²) in [5.41, 5.74) is 1.96. The first-order chi connectivity index (χ1) is 15.2. The average Bonchev–Trinajstić information content (AvgIpc) is 3.59. The first-order valence-electron chi connectivity index (χ1n) is 11.1. The third kappa shape index (κ3) is 4.31. The molecule has 7 heteroatoms. The van der Waals surface area contributed by atoms with Crippen LogP contribution in [0.25, 0.3) is 11.4 Å². The minimum atomic E-state index is -0.200. The van der Waals surface area contributed by atoms with Gasteiger partial charge in [0.15, 0.2) is 5.82 Å². The van der Waals surface area contributed by atoms with Gasteiger partial charge in [-0.15, -0.1) is 5.10 Å². The Morgan fingerprint density at radius 3 is 2.45 bits per heavy atom. The molecule has 1 amide bonds. The summed E-state index contributed by atoms with van der Waals surface area (Å²) in [7, 11) is 0. The highest BCUT2D eigenvalue weighted by Gasteiger charge is 2.31. The highest BCUT2D eigenvalue weighted by Crippen LogP contribution is 2.36. The van der Waals surface area contributed by atoms with Crippen LogP contribution in [-0.2, 0) is 17.8 Å². The van der Waals surface area contributed by atoms with Gasteiger partial charge in [0.2, 0.25) is 5.91 Å². The van der Waals surface area contributed by atoms with E-state index in [9.17, 15) is 9.59 Å². The van der Waals surface area contributed by atoms with E-state index in [4.69, 9.17) is 0 Å². The van der Waals surface area contributed by atoms with Crippen LogP contribution in [0.3, 0.4) is 0 Å². The maximum absolute atomic E-state index is 13.0. The Morgan fingerprint density at radius 2 is 1.77 bits per heavy atom. The lowest BCUT2D eigenvalue weighted by atomic mass is 9.90. The third-order valence-electron chi connectivity index (χ3n) is 6.32. The van der Waals surface area contributed by atoms with Crippen LogP contribution in [0.15, 0.2) is 59.7 Å². The number of hydrogen-bond acceptors (Lipinski definition) is 4. The van der Waals surface area contributed by atoms with E-state index in [1.54, 1.807) is 17.0 Å². The number of rotatable bonds is 6. The molecule has 0 bridgehead atoms. The highest BCUT2D eigenvalue weighted by atomic mass is 16.2. The number of carbonyl (C=O) groups is 1. The topological polar surface area (TPSA) is 73.0 Å². The molecule has 1 aromatic carbocycles. The Balaban J connectivity index is 1.25. The molecule has 7 nitrogen and oxygen atoms in total. The van der Waals surface area contributed by atoms with Crippen LogP contribution in [0.5, 0.6) is 0 Å². The summed E-state index contributed by atoms with van der Waals surface area (Å²) in [4.78, 5) is 32.0. The summed E-state index contributed by atoms with van der Waals surface area (Å²) in [6, 6.07) is 14.4. The molecule has 0 atom stereocenters. The van der Waals surface area contributed by atoms with E-state index >= 15 is 0 Å².